The first kappa shape index (κ1) is 10.9. The minimum absolute atomic E-state index is 0.150. The summed E-state index contributed by atoms with van der Waals surface area (Å²) < 4.78 is 5.44. The van der Waals surface area contributed by atoms with Gasteiger partial charge in [-0.1, -0.05) is 6.42 Å². The van der Waals surface area contributed by atoms with Crippen LogP contribution in [-0.4, -0.2) is 49.7 Å². The molecular weight excluding hydrogens is 192 g/mol. The van der Waals surface area contributed by atoms with Crippen LogP contribution in [0, 0.1) is 0 Å². The number of nitrogens with zero attached hydrogens (tertiary/aromatic N) is 1. The Hall–Kier alpha value is -0.610. The van der Waals surface area contributed by atoms with Crippen LogP contribution in [0.25, 0.3) is 0 Å². The van der Waals surface area contributed by atoms with Crippen molar-refractivity contribution in [3.05, 3.63) is 0 Å². The molecule has 15 heavy (non-hydrogen) atoms. The van der Waals surface area contributed by atoms with Crippen molar-refractivity contribution in [2.45, 2.75) is 31.7 Å². The van der Waals surface area contributed by atoms with E-state index in [0.29, 0.717) is 12.6 Å². The second kappa shape index (κ2) is 5.47. The number of piperidine rings is 1. The van der Waals surface area contributed by atoms with Gasteiger partial charge in [-0.25, -0.2) is 0 Å². The fourth-order valence-corrected chi connectivity index (χ4v) is 2.01. The number of nitrogens with one attached hydrogen (secondary N) is 1. The van der Waals surface area contributed by atoms with E-state index in [9.17, 15) is 4.79 Å². The van der Waals surface area contributed by atoms with Gasteiger partial charge in [0.2, 0.25) is 5.91 Å². The Morgan fingerprint density at radius 3 is 2.80 bits per heavy atom. The van der Waals surface area contributed by atoms with Crippen LogP contribution in [0.5, 0.6) is 0 Å². The highest BCUT2D eigenvalue weighted by Crippen LogP contribution is 2.08. The van der Waals surface area contributed by atoms with E-state index in [1.54, 1.807) is 0 Å². The van der Waals surface area contributed by atoms with E-state index in [1.165, 1.54) is 19.3 Å². The van der Waals surface area contributed by atoms with Crippen LogP contribution < -0.4 is 5.32 Å². The number of hydrogen-bond acceptors (Lipinski definition) is 3. The summed E-state index contributed by atoms with van der Waals surface area (Å²) in [5.74, 6) is 0.150. The zero-order chi connectivity index (χ0) is 10.5. The molecule has 0 saturated carbocycles. The van der Waals surface area contributed by atoms with Crippen LogP contribution >= 0.6 is 0 Å². The van der Waals surface area contributed by atoms with E-state index >= 15 is 0 Å². The van der Waals surface area contributed by atoms with Gasteiger partial charge in [0.25, 0.3) is 0 Å². The van der Waals surface area contributed by atoms with Gasteiger partial charge in [0.15, 0.2) is 0 Å². The first-order valence-corrected chi connectivity index (χ1v) is 5.95. The third kappa shape index (κ3) is 3.18. The number of carbonyl (C=O) groups is 1. The summed E-state index contributed by atoms with van der Waals surface area (Å²) in [4.78, 5) is 13.3. The van der Waals surface area contributed by atoms with E-state index < -0.39 is 0 Å². The Bertz CT molecular complexity index is 211. The molecule has 2 aliphatic heterocycles. The largest absolute Gasteiger partial charge is 0.370 e. The molecule has 0 radical (unpaired) electrons. The normalized spacial score (nSPS) is 26.1. The minimum Gasteiger partial charge on any atom is -0.370 e. The Morgan fingerprint density at radius 1 is 1.33 bits per heavy atom. The Morgan fingerprint density at radius 2 is 2.20 bits per heavy atom. The minimum atomic E-state index is 0.150. The molecule has 2 heterocycles. The Balaban J connectivity index is 1.55. The average molecular weight is 212 g/mol. The van der Waals surface area contributed by atoms with Gasteiger partial charge in [0.1, 0.15) is 6.61 Å². The molecule has 4 heteroatoms. The first-order valence-electron chi connectivity index (χ1n) is 5.95. The van der Waals surface area contributed by atoms with Crippen LogP contribution in [0.3, 0.4) is 0 Å². The molecule has 2 rings (SSSR count). The number of likely N-dealkylation sites (tertiary alicyclic amines) is 1. The van der Waals surface area contributed by atoms with Gasteiger partial charge < -0.3 is 15.0 Å². The highest BCUT2D eigenvalue weighted by atomic mass is 16.5. The quantitative estimate of drug-likeness (QED) is 0.732. The average Bonchev–Trinajstić information content (AvgIpc) is 2.16. The van der Waals surface area contributed by atoms with Crippen LogP contribution in [0.1, 0.15) is 25.7 Å². The van der Waals surface area contributed by atoms with Crippen LogP contribution in [0.2, 0.25) is 0 Å². The van der Waals surface area contributed by atoms with E-state index in [-0.39, 0.29) is 12.5 Å². The summed E-state index contributed by atoms with van der Waals surface area (Å²) >= 11 is 0. The maximum Gasteiger partial charge on any atom is 0.248 e. The van der Waals surface area contributed by atoms with Gasteiger partial charge >= 0.3 is 0 Å². The summed E-state index contributed by atoms with van der Waals surface area (Å²) in [7, 11) is 0. The molecule has 1 atom stereocenters. The molecule has 0 aromatic carbocycles. The molecule has 0 aliphatic carbocycles. The maximum atomic E-state index is 11.4. The van der Waals surface area contributed by atoms with E-state index in [2.05, 4.69) is 5.32 Å². The van der Waals surface area contributed by atoms with Crippen molar-refractivity contribution in [1.82, 2.24) is 10.2 Å². The molecule has 2 aliphatic rings. The van der Waals surface area contributed by atoms with Gasteiger partial charge in [-0.2, -0.15) is 0 Å². The highest BCUT2D eigenvalue weighted by molar-refractivity contribution is 5.78. The monoisotopic (exact) mass is 212 g/mol. The van der Waals surface area contributed by atoms with Crippen LogP contribution in [0.4, 0.5) is 0 Å². The third-order valence-electron chi connectivity index (χ3n) is 3.17. The van der Waals surface area contributed by atoms with Gasteiger partial charge in [0, 0.05) is 19.1 Å². The molecule has 0 spiro atoms. The lowest BCUT2D eigenvalue weighted by Gasteiger charge is -2.31. The second-order valence-electron chi connectivity index (χ2n) is 4.40. The van der Waals surface area contributed by atoms with Crippen LogP contribution in [0.15, 0.2) is 0 Å². The van der Waals surface area contributed by atoms with Crippen molar-refractivity contribution in [3.8, 4) is 0 Å². The molecule has 0 aromatic rings. The number of carbonyl (C=O) groups excluding carboxylic acids is 1. The summed E-state index contributed by atoms with van der Waals surface area (Å²) in [6, 6.07) is 0.461. The van der Waals surface area contributed by atoms with E-state index in [1.807, 2.05) is 4.90 Å². The van der Waals surface area contributed by atoms with Crippen molar-refractivity contribution >= 4 is 5.91 Å². The standard InChI is InChI=1S/C11H20N2O2/c14-11(13-6-3-7-13)9-15-8-10-4-1-2-5-12-10/h10,12H,1-9H2. The number of hydrogen-bond donors (Lipinski definition) is 1. The lowest BCUT2D eigenvalue weighted by molar-refractivity contribution is -0.139. The Kier molecular flexibility index (Phi) is 3.97. The maximum absolute atomic E-state index is 11.4. The summed E-state index contributed by atoms with van der Waals surface area (Å²) in [5, 5.41) is 3.40. The molecule has 2 saturated heterocycles. The number of amides is 1. The zero-order valence-electron chi connectivity index (χ0n) is 9.21. The molecule has 4 nitrogen and oxygen atoms in total. The lowest BCUT2D eigenvalue weighted by Crippen LogP contribution is -2.45. The first-order chi connectivity index (χ1) is 7.36. The number of ether oxygens (including phenoxy) is 1. The van der Waals surface area contributed by atoms with Crippen molar-refractivity contribution < 1.29 is 9.53 Å². The predicted octanol–water partition coefficient (Wildman–Crippen LogP) is 0.377. The fraction of sp³-hybridized carbons (Fsp3) is 0.909. The SMILES string of the molecule is O=C(COCC1CCCCN1)N1CCC1. The van der Waals surface area contributed by atoms with E-state index in [4.69, 9.17) is 4.74 Å². The van der Waals surface area contributed by atoms with Crippen molar-refractivity contribution in [1.29, 1.82) is 0 Å². The van der Waals surface area contributed by atoms with Gasteiger partial charge in [-0.3, -0.25) is 4.79 Å². The summed E-state index contributed by atoms with van der Waals surface area (Å²) in [6.07, 6.45) is 4.87. The third-order valence-corrected chi connectivity index (χ3v) is 3.17. The highest BCUT2D eigenvalue weighted by Gasteiger charge is 2.20. The molecule has 1 amide bonds. The molecular formula is C11H20N2O2. The Labute approximate surface area is 91.0 Å². The molecule has 0 bridgehead atoms. The van der Waals surface area contributed by atoms with E-state index in [0.717, 1.165) is 26.1 Å². The van der Waals surface area contributed by atoms with Crippen LogP contribution in [-0.2, 0) is 9.53 Å². The topological polar surface area (TPSA) is 41.6 Å². The van der Waals surface area contributed by atoms with Crippen molar-refractivity contribution in [2.24, 2.45) is 0 Å². The molecule has 0 aromatic heterocycles. The fourth-order valence-electron chi connectivity index (χ4n) is 2.01. The smallest absolute Gasteiger partial charge is 0.248 e. The van der Waals surface area contributed by atoms with Crippen molar-refractivity contribution in [3.63, 3.8) is 0 Å². The molecule has 86 valence electrons. The molecule has 2 fully saturated rings. The summed E-state index contributed by atoms with van der Waals surface area (Å²) in [6.45, 7) is 3.87. The molecule has 1 N–H and O–H groups in total. The zero-order valence-corrected chi connectivity index (χ0v) is 9.21. The molecule has 1 unspecified atom stereocenters. The predicted molar refractivity (Wildman–Crippen MR) is 57.7 cm³/mol. The number of rotatable bonds is 4. The van der Waals surface area contributed by atoms with Gasteiger partial charge in [0.05, 0.1) is 6.61 Å². The summed E-state index contributed by atoms with van der Waals surface area (Å²) in [5.41, 5.74) is 0. The second-order valence-corrected chi connectivity index (χ2v) is 4.40. The van der Waals surface area contributed by atoms with Crippen molar-refractivity contribution in [2.75, 3.05) is 32.8 Å². The van der Waals surface area contributed by atoms with Gasteiger partial charge in [-0.05, 0) is 25.8 Å². The lowest BCUT2D eigenvalue weighted by atomic mass is 10.1. The van der Waals surface area contributed by atoms with Gasteiger partial charge in [-0.15, -0.1) is 0 Å².